The number of non-ortho nitro benzene ring substituents is 1. The molecule has 2 aliphatic heterocycles. The SMILES string of the molecule is O=[N+]([O-])c1ccc(Oc2ccc([C@@H]3CC[C@H]4CCCCN43)cc2)cc1. The molecule has 0 aromatic heterocycles. The molecule has 5 heteroatoms. The van der Waals surface area contributed by atoms with E-state index < -0.39 is 4.92 Å². The zero-order valence-electron chi connectivity index (χ0n) is 14.1. The molecule has 5 nitrogen and oxygen atoms in total. The van der Waals surface area contributed by atoms with Gasteiger partial charge in [-0.1, -0.05) is 18.6 Å². The number of nitro groups is 1. The molecule has 0 bridgehead atoms. The van der Waals surface area contributed by atoms with Gasteiger partial charge in [-0.25, -0.2) is 0 Å². The van der Waals surface area contributed by atoms with Crippen molar-refractivity contribution in [3.63, 3.8) is 0 Å². The number of ether oxygens (including phenoxy) is 1. The molecule has 0 spiro atoms. The van der Waals surface area contributed by atoms with Crippen molar-refractivity contribution in [1.29, 1.82) is 0 Å². The van der Waals surface area contributed by atoms with E-state index in [4.69, 9.17) is 4.74 Å². The van der Waals surface area contributed by atoms with Gasteiger partial charge in [0.05, 0.1) is 4.92 Å². The molecule has 2 aliphatic rings. The van der Waals surface area contributed by atoms with Gasteiger partial charge in [-0.15, -0.1) is 0 Å². The second kappa shape index (κ2) is 6.84. The summed E-state index contributed by atoms with van der Waals surface area (Å²) in [5.41, 5.74) is 1.43. The van der Waals surface area contributed by atoms with Crippen molar-refractivity contribution < 1.29 is 9.66 Å². The second-order valence-electron chi connectivity index (χ2n) is 6.90. The minimum atomic E-state index is -0.409. The van der Waals surface area contributed by atoms with Crippen LogP contribution in [0.5, 0.6) is 11.5 Å². The Morgan fingerprint density at radius 2 is 1.60 bits per heavy atom. The normalized spacial score (nSPS) is 23.2. The molecule has 130 valence electrons. The van der Waals surface area contributed by atoms with Crippen molar-refractivity contribution in [2.75, 3.05) is 6.54 Å². The number of fused-ring (bicyclic) bond motifs is 1. The smallest absolute Gasteiger partial charge is 0.269 e. The summed E-state index contributed by atoms with van der Waals surface area (Å²) in [4.78, 5) is 13.0. The predicted octanol–water partition coefficient (Wildman–Crippen LogP) is 5.08. The molecule has 2 heterocycles. The van der Waals surface area contributed by atoms with Crippen LogP contribution in [0.15, 0.2) is 48.5 Å². The van der Waals surface area contributed by atoms with Crippen LogP contribution in [0, 0.1) is 10.1 Å². The number of benzene rings is 2. The molecular formula is C20H22N2O3. The molecule has 2 aromatic carbocycles. The van der Waals surface area contributed by atoms with Gasteiger partial charge in [0.1, 0.15) is 11.5 Å². The standard InChI is InChI=1S/C20H22N2O3/c23-22(24)17-6-11-19(12-7-17)25-18-9-4-15(5-10-18)20-13-8-16-3-1-2-14-21(16)20/h4-7,9-12,16,20H,1-3,8,13-14H2/t16-,20+/m1/s1. The summed E-state index contributed by atoms with van der Waals surface area (Å²) in [5, 5.41) is 10.7. The average molecular weight is 338 g/mol. The van der Waals surface area contributed by atoms with Gasteiger partial charge in [0.25, 0.3) is 5.69 Å². The van der Waals surface area contributed by atoms with Crippen molar-refractivity contribution in [2.45, 2.75) is 44.2 Å². The molecular weight excluding hydrogens is 316 g/mol. The minimum absolute atomic E-state index is 0.0695. The first kappa shape index (κ1) is 16.1. The topological polar surface area (TPSA) is 55.6 Å². The van der Waals surface area contributed by atoms with E-state index in [-0.39, 0.29) is 5.69 Å². The Kier molecular flexibility index (Phi) is 4.40. The third-order valence-electron chi connectivity index (χ3n) is 5.39. The molecule has 2 atom stereocenters. The summed E-state index contributed by atoms with van der Waals surface area (Å²) < 4.78 is 5.80. The van der Waals surface area contributed by atoms with E-state index in [9.17, 15) is 10.1 Å². The number of rotatable bonds is 4. The first-order valence-electron chi connectivity index (χ1n) is 8.99. The molecule has 0 saturated carbocycles. The number of hydrogen-bond donors (Lipinski definition) is 0. The Bertz CT molecular complexity index is 743. The fraction of sp³-hybridized carbons (Fsp3) is 0.400. The summed E-state index contributed by atoms with van der Waals surface area (Å²) in [5.74, 6) is 1.36. The average Bonchev–Trinajstić information content (AvgIpc) is 3.07. The lowest BCUT2D eigenvalue weighted by Crippen LogP contribution is -2.35. The first-order chi connectivity index (χ1) is 12.2. The Balaban J connectivity index is 1.44. The van der Waals surface area contributed by atoms with Crippen LogP contribution in [-0.2, 0) is 0 Å². The predicted molar refractivity (Wildman–Crippen MR) is 95.9 cm³/mol. The lowest BCUT2D eigenvalue weighted by atomic mass is 10.0. The minimum Gasteiger partial charge on any atom is -0.457 e. The van der Waals surface area contributed by atoms with Crippen LogP contribution in [0.4, 0.5) is 5.69 Å². The van der Waals surface area contributed by atoms with Crippen molar-refractivity contribution in [2.24, 2.45) is 0 Å². The fourth-order valence-corrected chi connectivity index (χ4v) is 4.15. The van der Waals surface area contributed by atoms with Crippen LogP contribution in [0.25, 0.3) is 0 Å². The zero-order chi connectivity index (χ0) is 17.2. The van der Waals surface area contributed by atoms with E-state index in [1.807, 2.05) is 12.1 Å². The van der Waals surface area contributed by atoms with Gasteiger partial charge in [0.15, 0.2) is 0 Å². The monoisotopic (exact) mass is 338 g/mol. The largest absolute Gasteiger partial charge is 0.457 e. The zero-order valence-corrected chi connectivity index (χ0v) is 14.1. The maximum atomic E-state index is 10.7. The van der Waals surface area contributed by atoms with E-state index in [0.717, 1.165) is 11.8 Å². The highest BCUT2D eigenvalue weighted by molar-refractivity contribution is 5.39. The first-order valence-corrected chi connectivity index (χ1v) is 8.99. The van der Waals surface area contributed by atoms with Crippen molar-refractivity contribution >= 4 is 5.69 Å². The second-order valence-corrected chi connectivity index (χ2v) is 6.90. The molecule has 0 amide bonds. The number of piperidine rings is 1. The maximum absolute atomic E-state index is 10.7. The molecule has 0 radical (unpaired) electrons. The lowest BCUT2D eigenvalue weighted by molar-refractivity contribution is -0.384. The highest BCUT2D eigenvalue weighted by Crippen LogP contribution is 2.40. The third kappa shape index (κ3) is 3.37. The molecule has 25 heavy (non-hydrogen) atoms. The molecule has 4 rings (SSSR count). The van der Waals surface area contributed by atoms with Crippen LogP contribution < -0.4 is 4.74 Å². The number of nitro benzene ring substituents is 1. The van der Waals surface area contributed by atoms with Crippen LogP contribution >= 0.6 is 0 Å². The maximum Gasteiger partial charge on any atom is 0.269 e. The summed E-state index contributed by atoms with van der Waals surface area (Å²) in [6, 6.07) is 15.8. The van der Waals surface area contributed by atoms with Crippen molar-refractivity contribution in [1.82, 2.24) is 4.90 Å². The van der Waals surface area contributed by atoms with E-state index in [1.165, 1.54) is 56.3 Å². The van der Waals surface area contributed by atoms with E-state index in [1.54, 1.807) is 12.1 Å². The van der Waals surface area contributed by atoms with Gasteiger partial charge < -0.3 is 4.74 Å². The van der Waals surface area contributed by atoms with Gasteiger partial charge >= 0.3 is 0 Å². The molecule has 2 saturated heterocycles. The summed E-state index contributed by atoms with van der Waals surface area (Å²) in [7, 11) is 0. The molecule has 2 aromatic rings. The summed E-state index contributed by atoms with van der Waals surface area (Å²) in [6.07, 6.45) is 6.58. The third-order valence-corrected chi connectivity index (χ3v) is 5.39. The van der Waals surface area contributed by atoms with Crippen LogP contribution in [-0.4, -0.2) is 22.4 Å². The van der Waals surface area contributed by atoms with Crippen LogP contribution in [0.3, 0.4) is 0 Å². The van der Waals surface area contributed by atoms with Crippen LogP contribution in [0.2, 0.25) is 0 Å². The van der Waals surface area contributed by atoms with Crippen molar-refractivity contribution in [3.8, 4) is 11.5 Å². The quantitative estimate of drug-likeness (QED) is 0.576. The highest BCUT2D eigenvalue weighted by Gasteiger charge is 2.35. The van der Waals surface area contributed by atoms with Gasteiger partial charge in [-0.05, 0) is 62.1 Å². The fourth-order valence-electron chi connectivity index (χ4n) is 4.15. The van der Waals surface area contributed by atoms with Gasteiger partial charge in [0.2, 0.25) is 0 Å². The van der Waals surface area contributed by atoms with E-state index in [2.05, 4.69) is 17.0 Å². The molecule has 0 unspecified atom stereocenters. The molecule has 2 fully saturated rings. The number of hydrogen-bond acceptors (Lipinski definition) is 4. The molecule has 0 aliphatic carbocycles. The lowest BCUT2D eigenvalue weighted by Gasteiger charge is -2.34. The summed E-state index contributed by atoms with van der Waals surface area (Å²) in [6.45, 7) is 1.22. The highest BCUT2D eigenvalue weighted by atomic mass is 16.6. The Morgan fingerprint density at radius 3 is 2.28 bits per heavy atom. The van der Waals surface area contributed by atoms with Crippen molar-refractivity contribution in [3.05, 3.63) is 64.2 Å². The van der Waals surface area contributed by atoms with Gasteiger partial charge in [-0.3, -0.25) is 15.0 Å². The Morgan fingerprint density at radius 1 is 0.920 bits per heavy atom. The number of nitrogens with zero attached hydrogens (tertiary/aromatic N) is 2. The molecule has 0 N–H and O–H groups in total. The van der Waals surface area contributed by atoms with E-state index in [0.29, 0.717) is 11.8 Å². The summed E-state index contributed by atoms with van der Waals surface area (Å²) >= 11 is 0. The van der Waals surface area contributed by atoms with Crippen LogP contribution in [0.1, 0.15) is 43.7 Å². The Hall–Kier alpha value is -2.40. The van der Waals surface area contributed by atoms with Gasteiger partial charge in [0, 0.05) is 24.2 Å². The van der Waals surface area contributed by atoms with E-state index >= 15 is 0 Å². The Labute approximate surface area is 147 Å². The van der Waals surface area contributed by atoms with Gasteiger partial charge in [-0.2, -0.15) is 0 Å².